The second-order valence-electron chi connectivity index (χ2n) is 6.53. The van der Waals surface area contributed by atoms with Crippen LogP contribution in [0.1, 0.15) is 34.6 Å². The summed E-state index contributed by atoms with van der Waals surface area (Å²) in [6.45, 7) is 2.65. The third kappa shape index (κ3) is 4.06. The van der Waals surface area contributed by atoms with Crippen molar-refractivity contribution in [3.63, 3.8) is 0 Å². The van der Waals surface area contributed by atoms with Gasteiger partial charge in [0.05, 0.1) is 23.3 Å². The zero-order valence-electron chi connectivity index (χ0n) is 15.4. The van der Waals surface area contributed by atoms with E-state index in [-0.39, 0.29) is 11.9 Å². The summed E-state index contributed by atoms with van der Waals surface area (Å²) in [5, 5.41) is 2.99. The molecule has 0 aliphatic heterocycles. The second kappa shape index (κ2) is 8.06. The first-order chi connectivity index (χ1) is 12.6. The molecule has 0 fully saturated rings. The Morgan fingerprint density at radius 2 is 1.77 bits per heavy atom. The van der Waals surface area contributed by atoms with E-state index in [0.717, 1.165) is 17.5 Å². The maximum Gasteiger partial charge on any atom is 0.271 e. The number of likely N-dealkylation sites (N-methyl/N-ethyl adjacent to an activating group) is 1. The predicted molar refractivity (Wildman–Crippen MR) is 104 cm³/mol. The molecule has 1 amide bonds. The molecule has 2 aromatic carbocycles. The fourth-order valence-electron chi connectivity index (χ4n) is 2.92. The van der Waals surface area contributed by atoms with Gasteiger partial charge in [-0.15, -0.1) is 0 Å². The Hall–Kier alpha value is -2.79. The molecule has 5 heteroatoms. The van der Waals surface area contributed by atoms with Gasteiger partial charge < -0.3 is 10.2 Å². The summed E-state index contributed by atoms with van der Waals surface area (Å²) in [5.41, 5.74) is 4.33. The molecule has 0 aliphatic rings. The van der Waals surface area contributed by atoms with Crippen molar-refractivity contribution in [1.29, 1.82) is 0 Å². The van der Waals surface area contributed by atoms with E-state index in [1.54, 1.807) is 0 Å². The maximum absolute atomic E-state index is 12.5. The van der Waals surface area contributed by atoms with Gasteiger partial charge in [-0.2, -0.15) is 0 Å². The Balaban J connectivity index is 1.72. The summed E-state index contributed by atoms with van der Waals surface area (Å²) >= 11 is 0. The van der Waals surface area contributed by atoms with Crippen LogP contribution in [0.4, 0.5) is 0 Å². The number of para-hydroxylation sites is 2. The summed E-state index contributed by atoms with van der Waals surface area (Å²) in [6, 6.07) is 16.2. The fraction of sp³-hybridized carbons (Fsp3) is 0.286. The lowest BCUT2D eigenvalue weighted by atomic mass is 10.0. The van der Waals surface area contributed by atoms with Gasteiger partial charge in [0.15, 0.2) is 0 Å². The van der Waals surface area contributed by atoms with Crippen LogP contribution < -0.4 is 5.32 Å². The summed E-state index contributed by atoms with van der Waals surface area (Å²) in [4.78, 5) is 23.3. The number of nitrogens with zero attached hydrogens (tertiary/aromatic N) is 3. The molecule has 1 N–H and O–H groups in total. The molecular formula is C21H24N4O. The van der Waals surface area contributed by atoms with E-state index in [1.807, 2.05) is 38.4 Å². The molecule has 134 valence electrons. The molecule has 0 saturated carbocycles. The normalized spacial score (nSPS) is 12.3. The molecule has 3 rings (SSSR count). The van der Waals surface area contributed by atoms with Crippen molar-refractivity contribution in [2.75, 3.05) is 20.6 Å². The summed E-state index contributed by atoms with van der Waals surface area (Å²) < 4.78 is 0. The highest BCUT2D eigenvalue weighted by molar-refractivity contribution is 5.93. The first-order valence-corrected chi connectivity index (χ1v) is 8.83. The zero-order chi connectivity index (χ0) is 18.5. The van der Waals surface area contributed by atoms with Crippen LogP contribution in [0.2, 0.25) is 0 Å². The molecule has 0 saturated heterocycles. The average Bonchev–Trinajstić information content (AvgIpc) is 2.67. The minimum atomic E-state index is -0.208. The third-order valence-electron chi connectivity index (χ3n) is 4.53. The Morgan fingerprint density at radius 1 is 1.08 bits per heavy atom. The van der Waals surface area contributed by atoms with E-state index in [0.29, 0.717) is 12.2 Å². The molecule has 1 aromatic heterocycles. The third-order valence-corrected chi connectivity index (χ3v) is 4.53. The van der Waals surface area contributed by atoms with Gasteiger partial charge in [0, 0.05) is 6.54 Å². The molecule has 1 heterocycles. The number of hydrogen-bond donors (Lipinski definition) is 1. The Kier molecular flexibility index (Phi) is 5.58. The number of fused-ring (bicyclic) bond motifs is 1. The number of aromatic nitrogens is 2. The summed E-state index contributed by atoms with van der Waals surface area (Å²) in [6.07, 6.45) is 2.54. The highest BCUT2D eigenvalue weighted by Crippen LogP contribution is 2.18. The lowest BCUT2D eigenvalue weighted by Gasteiger charge is -2.25. The molecule has 26 heavy (non-hydrogen) atoms. The van der Waals surface area contributed by atoms with Crippen molar-refractivity contribution < 1.29 is 4.79 Å². The van der Waals surface area contributed by atoms with Gasteiger partial charge >= 0.3 is 0 Å². The van der Waals surface area contributed by atoms with Crippen LogP contribution in [0.3, 0.4) is 0 Å². The van der Waals surface area contributed by atoms with E-state index in [4.69, 9.17) is 0 Å². The van der Waals surface area contributed by atoms with Crippen LogP contribution in [0.5, 0.6) is 0 Å². The van der Waals surface area contributed by atoms with Crippen molar-refractivity contribution in [3.8, 4) is 0 Å². The highest BCUT2D eigenvalue weighted by atomic mass is 16.1. The number of rotatable bonds is 6. The minimum absolute atomic E-state index is 0.0956. The van der Waals surface area contributed by atoms with Crippen LogP contribution in [0.25, 0.3) is 11.0 Å². The van der Waals surface area contributed by atoms with Crippen molar-refractivity contribution in [2.24, 2.45) is 0 Å². The highest BCUT2D eigenvalue weighted by Gasteiger charge is 2.17. The van der Waals surface area contributed by atoms with E-state index in [1.165, 1.54) is 17.3 Å². The van der Waals surface area contributed by atoms with Crippen molar-refractivity contribution in [1.82, 2.24) is 20.2 Å². The SMILES string of the molecule is CCc1ccc(C(CNC(=O)c2cnc3ccccc3n2)N(C)C)cc1. The Labute approximate surface area is 154 Å². The molecule has 0 aliphatic carbocycles. The molecule has 5 nitrogen and oxygen atoms in total. The number of nitrogens with one attached hydrogen (secondary N) is 1. The molecule has 0 radical (unpaired) electrons. The van der Waals surface area contributed by atoms with Crippen molar-refractivity contribution in [2.45, 2.75) is 19.4 Å². The number of benzene rings is 2. The molecule has 1 unspecified atom stereocenters. The van der Waals surface area contributed by atoms with Gasteiger partial charge in [-0.3, -0.25) is 9.78 Å². The first-order valence-electron chi connectivity index (χ1n) is 8.83. The molecular weight excluding hydrogens is 324 g/mol. The number of carbonyl (C=O) groups is 1. The van der Waals surface area contributed by atoms with Gasteiger partial charge in [-0.25, -0.2) is 4.98 Å². The standard InChI is InChI=1S/C21H24N4O/c1-4-15-9-11-16(12-10-15)20(25(2)3)14-23-21(26)19-13-22-17-7-5-6-8-18(17)24-19/h5-13,20H,4,14H2,1-3H3,(H,23,26). The smallest absolute Gasteiger partial charge is 0.271 e. The quantitative estimate of drug-likeness (QED) is 0.743. The number of aryl methyl sites for hydroxylation is 1. The second-order valence-corrected chi connectivity index (χ2v) is 6.53. The average molecular weight is 348 g/mol. The molecule has 3 aromatic rings. The largest absolute Gasteiger partial charge is 0.349 e. The van der Waals surface area contributed by atoms with E-state index in [9.17, 15) is 4.79 Å². The topological polar surface area (TPSA) is 58.1 Å². The minimum Gasteiger partial charge on any atom is -0.349 e. The van der Waals surface area contributed by atoms with Crippen LogP contribution in [0.15, 0.2) is 54.7 Å². The lowest BCUT2D eigenvalue weighted by molar-refractivity contribution is 0.0937. The van der Waals surface area contributed by atoms with E-state index < -0.39 is 0 Å². The van der Waals surface area contributed by atoms with Crippen LogP contribution in [-0.4, -0.2) is 41.4 Å². The first kappa shape index (κ1) is 18.0. The van der Waals surface area contributed by atoms with Gasteiger partial charge in [0.1, 0.15) is 5.69 Å². The van der Waals surface area contributed by atoms with Crippen LogP contribution in [-0.2, 0) is 6.42 Å². The monoisotopic (exact) mass is 348 g/mol. The maximum atomic E-state index is 12.5. The molecule has 1 atom stereocenters. The molecule has 0 bridgehead atoms. The van der Waals surface area contributed by atoms with Crippen LogP contribution >= 0.6 is 0 Å². The van der Waals surface area contributed by atoms with Gasteiger partial charge in [0.25, 0.3) is 5.91 Å². The lowest BCUT2D eigenvalue weighted by Crippen LogP contribution is -2.35. The predicted octanol–water partition coefficient (Wildman–Crippen LogP) is 3.22. The fourth-order valence-corrected chi connectivity index (χ4v) is 2.92. The zero-order valence-corrected chi connectivity index (χ0v) is 15.4. The van der Waals surface area contributed by atoms with Gasteiger partial charge in [-0.1, -0.05) is 43.3 Å². The van der Waals surface area contributed by atoms with Gasteiger partial charge in [-0.05, 0) is 43.8 Å². The number of carbonyl (C=O) groups excluding carboxylic acids is 1. The van der Waals surface area contributed by atoms with Crippen molar-refractivity contribution >= 4 is 16.9 Å². The Morgan fingerprint density at radius 3 is 2.42 bits per heavy atom. The number of hydrogen-bond acceptors (Lipinski definition) is 4. The van der Waals surface area contributed by atoms with Crippen LogP contribution in [0, 0.1) is 0 Å². The summed E-state index contributed by atoms with van der Waals surface area (Å²) in [5.74, 6) is -0.208. The summed E-state index contributed by atoms with van der Waals surface area (Å²) in [7, 11) is 4.03. The van der Waals surface area contributed by atoms with E-state index >= 15 is 0 Å². The molecule has 0 spiro atoms. The van der Waals surface area contributed by atoms with Crippen molar-refractivity contribution in [3.05, 3.63) is 71.5 Å². The van der Waals surface area contributed by atoms with E-state index in [2.05, 4.69) is 51.4 Å². The Bertz CT molecular complexity index is 890. The van der Waals surface area contributed by atoms with Gasteiger partial charge in [0.2, 0.25) is 0 Å². The number of amides is 1.